The molecule has 1 fully saturated rings. The van der Waals surface area contributed by atoms with Gasteiger partial charge < -0.3 is 4.90 Å². The number of piperazine rings is 1. The Bertz CT molecular complexity index is 1350. The summed E-state index contributed by atoms with van der Waals surface area (Å²) in [5, 5.41) is 6.08. The maximum Gasteiger partial charge on any atom is 0.258 e. The summed E-state index contributed by atoms with van der Waals surface area (Å²) in [6.07, 6.45) is 4.31. The van der Waals surface area contributed by atoms with Crippen molar-refractivity contribution >= 4 is 28.0 Å². The summed E-state index contributed by atoms with van der Waals surface area (Å²) >= 11 is 1.46. The third-order valence-corrected chi connectivity index (χ3v) is 6.80. The number of nitrogens with zero attached hydrogens (tertiary/aromatic N) is 8. The van der Waals surface area contributed by atoms with Crippen LogP contribution in [-0.4, -0.2) is 70.9 Å². The molecule has 0 aromatic carbocycles. The Kier molecular flexibility index (Phi) is 5.43. The van der Waals surface area contributed by atoms with Crippen molar-refractivity contribution in [3.8, 4) is 0 Å². The average molecular weight is 453 g/mol. The zero-order valence-corrected chi connectivity index (χ0v) is 18.9. The molecule has 1 aliphatic heterocycles. The van der Waals surface area contributed by atoms with Crippen LogP contribution in [0.1, 0.15) is 29.1 Å². The molecular formula is C21H24N8O2S. The Labute approximate surface area is 188 Å². The molecular weight excluding hydrogens is 428 g/mol. The van der Waals surface area contributed by atoms with Gasteiger partial charge in [-0.05, 0) is 25.8 Å². The largest absolute Gasteiger partial charge is 0.340 e. The van der Waals surface area contributed by atoms with E-state index in [9.17, 15) is 9.59 Å². The number of carbonyl (C=O) groups is 1. The smallest absolute Gasteiger partial charge is 0.258 e. The Hall–Kier alpha value is -3.18. The number of hydrogen-bond acceptors (Lipinski definition) is 8. The first kappa shape index (κ1) is 20.7. The first-order chi connectivity index (χ1) is 15.5. The molecule has 0 spiro atoms. The SMILES string of the molecule is Cc1nc2ncnn2c(C)c1CCC(=O)N1CCN(Cc2cc(=O)n3ccsc3n2)CC1. The molecule has 32 heavy (non-hydrogen) atoms. The van der Waals surface area contributed by atoms with Gasteiger partial charge in [-0.25, -0.2) is 14.5 Å². The number of hydrogen-bond donors (Lipinski definition) is 0. The topological polar surface area (TPSA) is 101 Å². The lowest BCUT2D eigenvalue weighted by Crippen LogP contribution is -2.48. The monoisotopic (exact) mass is 452 g/mol. The summed E-state index contributed by atoms with van der Waals surface area (Å²) in [6, 6.07) is 1.60. The van der Waals surface area contributed by atoms with E-state index in [1.807, 2.05) is 24.1 Å². The van der Waals surface area contributed by atoms with Crippen molar-refractivity contribution < 1.29 is 4.79 Å². The summed E-state index contributed by atoms with van der Waals surface area (Å²) in [6.45, 7) is 7.45. The first-order valence-electron chi connectivity index (χ1n) is 10.6. The van der Waals surface area contributed by atoms with Gasteiger partial charge in [0.25, 0.3) is 11.3 Å². The molecule has 0 aliphatic carbocycles. The van der Waals surface area contributed by atoms with E-state index >= 15 is 0 Å². The lowest BCUT2D eigenvalue weighted by atomic mass is 10.1. The van der Waals surface area contributed by atoms with Gasteiger partial charge in [-0.2, -0.15) is 10.1 Å². The minimum absolute atomic E-state index is 0.0516. The highest BCUT2D eigenvalue weighted by Crippen LogP contribution is 2.16. The van der Waals surface area contributed by atoms with Gasteiger partial charge in [0, 0.05) is 68.2 Å². The Morgan fingerprint density at radius 3 is 2.78 bits per heavy atom. The van der Waals surface area contributed by atoms with Crippen LogP contribution in [0, 0.1) is 13.8 Å². The number of rotatable bonds is 5. The number of amides is 1. The number of thiazole rings is 1. The summed E-state index contributed by atoms with van der Waals surface area (Å²) < 4.78 is 3.28. The lowest BCUT2D eigenvalue weighted by Gasteiger charge is -2.34. The number of aryl methyl sites for hydroxylation is 2. The van der Waals surface area contributed by atoms with E-state index in [4.69, 9.17) is 0 Å². The highest BCUT2D eigenvalue weighted by Gasteiger charge is 2.22. The molecule has 0 unspecified atom stereocenters. The molecule has 5 rings (SSSR count). The van der Waals surface area contributed by atoms with Crippen molar-refractivity contribution in [2.75, 3.05) is 26.2 Å². The van der Waals surface area contributed by atoms with Crippen LogP contribution in [0.5, 0.6) is 0 Å². The van der Waals surface area contributed by atoms with Crippen LogP contribution in [0.2, 0.25) is 0 Å². The van der Waals surface area contributed by atoms with Crippen LogP contribution < -0.4 is 5.56 Å². The van der Waals surface area contributed by atoms with E-state index in [1.165, 1.54) is 17.7 Å². The molecule has 0 radical (unpaired) electrons. The van der Waals surface area contributed by atoms with Crippen LogP contribution >= 0.6 is 11.3 Å². The Balaban J connectivity index is 1.17. The minimum atomic E-state index is -0.0516. The second-order valence-electron chi connectivity index (χ2n) is 8.03. The molecule has 11 heteroatoms. The van der Waals surface area contributed by atoms with Crippen molar-refractivity contribution in [3.63, 3.8) is 0 Å². The maximum absolute atomic E-state index is 12.8. The van der Waals surface area contributed by atoms with Crippen LogP contribution in [0.15, 0.2) is 28.8 Å². The number of fused-ring (bicyclic) bond motifs is 2. The molecule has 4 aromatic heterocycles. The van der Waals surface area contributed by atoms with Gasteiger partial charge in [0.2, 0.25) is 5.91 Å². The van der Waals surface area contributed by atoms with Crippen LogP contribution in [0.25, 0.3) is 10.7 Å². The standard InChI is InChI=1S/C21H24N8O2S/c1-14-17(15(2)29-20(24-14)22-13-23-29)3-4-18(30)27-7-5-26(6-8-27)12-16-11-19(31)28-9-10-32-21(28)25-16/h9-11,13H,3-8,12H2,1-2H3. The van der Waals surface area contributed by atoms with E-state index in [1.54, 1.807) is 21.2 Å². The summed E-state index contributed by atoms with van der Waals surface area (Å²) in [5.41, 5.74) is 3.65. The molecule has 4 aromatic rings. The molecule has 1 aliphatic rings. The molecule has 1 amide bonds. The fourth-order valence-electron chi connectivity index (χ4n) is 4.26. The zero-order chi connectivity index (χ0) is 22.2. The van der Waals surface area contributed by atoms with Gasteiger partial charge in [-0.15, -0.1) is 11.3 Å². The average Bonchev–Trinajstić information content (AvgIpc) is 3.43. The van der Waals surface area contributed by atoms with Crippen molar-refractivity contribution in [2.45, 2.75) is 33.2 Å². The van der Waals surface area contributed by atoms with Gasteiger partial charge in [-0.3, -0.25) is 18.9 Å². The van der Waals surface area contributed by atoms with Crippen molar-refractivity contribution in [1.82, 2.24) is 38.8 Å². The zero-order valence-electron chi connectivity index (χ0n) is 18.1. The normalized spacial score (nSPS) is 15.1. The predicted octanol–water partition coefficient (Wildman–Crippen LogP) is 1.09. The van der Waals surface area contributed by atoms with E-state index < -0.39 is 0 Å². The van der Waals surface area contributed by atoms with E-state index in [2.05, 4.69) is 25.0 Å². The highest BCUT2D eigenvalue weighted by molar-refractivity contribution is 7.15. The second kappa shape index (κ2) is 8.40. The minimum Gasteiger partial charge on any atom is -0.340 e. The molecule has 5 heterocycles. The summed E-state index contributed by atoms with van der Waals surface area (Å²) in [5.74, 6) is 0.736. The molecule has 0 bridgehead atoms. The molecule has 0 N–H and O–H groups in total. The first-order valence-corrected chi connectivity index (χ1v) is 11.5. The van der Waals surface area contributed by atoms with Crippen molar-refractivity contribution in [1.29, 1.82) is 0 Å². The van der Waals surface area contributed by atoms with Crippen LogP contribution in [0.4, 0.5) is 0 Å². The fourth-order valence-corrected chi connectivity index (χ4v) is 5.00. The van der Waals surface area contributed by atoms with Gasteiger partial charge in [0.05, 0.1) is 5.69 Å². The third-order valence-electron chi connectivity index (χ3n) is 6.04. The fraction of sp³-hybridized carbons (Fsp3) is 0.429. The van der Waals surface area contributed by atoms with Gasteiger partial charge in [0.15, 0.2) is 4.96 Å². The quantitative estimate of drug-likeness (QED) is 0.447. The van der Waals surface area contributed by atoms with E-state index in [0.29, 0.717) is 43.2 Å². The number of carbonyl (C=O) groups excluding carboxylic acids is 1. The molecule has 166 valence electrons. The summed E-state index contributed by atoms with van der Waals surface area (Å²) in [4.78, 5) is 43.1. The van der Waals surface area contributed by atoms with Gasteiger partial charge >= 0.3 is 0 Å². The lowest BCUT2D eigenvalue weighted by molar-refractivity contribution is -0.133. The van der Waals surface area contributed by atoms with Gasteiger partial charge in [-0.1, -0.05) is 0 Å². The Morgan fingerprint density at radius 2 is 1.97 bits per heavy atom. The van der Waals surface area contributed by atoms with Crippen LogP contribution in [-0.2, 0) is 17.8 Å². The third kappa shape index (κ3) is 3.89. The van der Waals surface area contributed by atoms with E-state index in [-0.39, 0.29) is 11.5 Å². The molecule has 0 atom stereocenters. The number of aromatic nitrogens is 6. The Morgan fingerprint density at radius 1 is 1.16 bits per heavy atom. The molecule has 10 nitrogen and oxygen atoms in total. The summed E-state index contributed by atoms with van der Waals surface area (Å²) in [7, 11) is 0. The van der Waals surface area contributed by atoms with Crippen molar-refractivity contribution in [3.05, 3.63) is 57.0 Å². The maximum atomic E-state index is 12.8. The van der Waals surface area contributed by atoms with Crippen LogP contribution in [0.3, 0.4) is 0 Å². The predicted molar refractivity (Wildman–Crippen MR) is 120 cm³/mol. The second-order valence-corrected chi connectivity index (χ2v) is 8.90. The highest BCUT2D eigenvalue weighted by atomic mass is 32.1. The van der Waals surface area contributed by atoms with Gasteiger partial charge in [0.1, 0.15) is 6.33 Å². The molecule has 1 saturated heterocycles. The molecule has 0 saturated carbocycles. The van der Waals surface area contributed by atoms with Crippen molar-refractivity contribution in [2.24, 2.45) is 0 Å². The van der Waals surface area contributed by atoms with E-state index in [0.717, 1.165) is 35.7 Å².